The highest BCUT2D eigenvalue weighted by Gasteiger charge is 2.10. The summed E-state index contributed by atoms with van der Waals surface area (Å²) in [6, 6.07) is 15.9. The maximum absolute atomic E-state index is 5.54. The summed E-state index contributed by atoms with van der Waals surface area (Å²) in [7, 11) is 1.64. The minimum Gasteiger partial charge on any atom is -0.494 e. The predicted molar refractivity (Wildman–Crippen MR) is 120 cm³/mol. The molecule has 7 heteroatoms. The van der Waals surface area contributed by atoms with Gasteiger partial charge in [0.15, 0.2) is 5.11 Å². The van der Waals surface area contributed by atoms with Gasteiger partial charge in [-0.3, -0.25) is 4.98 Å². The number of rotatable bonds is 5. The van der Waals surface area contributed by atoms with Crippen LogP contribution in [0, 0.1) is 6.92 Å². The van der Waals surface area contributed by atoms with Crippen LogP contribution >= 0.6 is 12.2 Å². The number of aryl methyl sites for hydroxylation is 1. The number of aromatic nitrogens is 3. The third-order valence-corrected chi connectivity index (χ3v) is 4.96. The smallest absolute Gasteiger partial charge is 0.171 e. The minimum atomic E-state index is 0.539. The van der Waals surface area contributed by atoms with Crippen LogP contribution in [0.1, 0.15) is 11.4 Å². The molecule has 0 fully saturated rings. The first-order chi connectivity index (χ1) is 14.2. The fourth-order valence-electron chi connectivity index (χ4n) is 3.29. The van der Waals surface area contributed by atoms with Crippen molar-refractivity contribution in [1.29, 1.82) is 0 Å². The van der Waals surface area contributed by atoms with Crippen molar-refractivity contribution >= 4 is 33.9 Å². The SMILES string of the molecule is COc1ccc(NC(=S)NCc2ccccc2-n2ccnc2C)c2cccnc12. The highest BCUT2D eigenvalue weighted by molar-refractivity contribution is 7.80. The second-order valence-corrected chi connectivity index (χ2v) is 6.90. The number of ether oxygens (including phenoxy) is 1. The topological polar surface area (TPSA) is 64.0 Å². The van der Waals surface area contributed by atoms with Crippen molar-refractivity contribution in [3.63, 3.8) is 0 Å². The second-order valence-electron chi connectivity index (χ2n) is 6.50. The molecule has 0 atom stereocenters. The van der Waals surface area contributed by atoms with Crippen LogP contribution in [0.3, 0.4) is 0 Å². The Hall–Kier alpha value is -3.45. The number of hydrogen-bond acceptors (Lipinski definition) is 4. The number of thiocarbonyl (C=S) groups is 1. The molecule has 0 amide bonds. The molecule has 2 heterocycles. The largest absolute Gasteiger partial charge is 0.494 e. The number of hydrogen-bond donors (Lipinski definition) is 2. The van der Waals surface area contributed by atoms with Crippen LogP contribution in [0.4, 0.5) is 5.69 Å². The van der Waals surface area contributed by atoms with Gasteiger partial charge < -0.3 is 19.9 Å². The number of pyridine rings is 1. The van der Waals surface area contributed by atoms with Gasteiger partial charge in [-0.2, -0.15) is 0 Å². The van der Waals surface area contributed by atoms with Crippen LogP contribution in [-0.4, -0.2) is 26.8 Å². The monoisotopic (exact) mass is 403 g/mol. The van der Waals surface area contributed by atoms with Crippen molar-refractivity contribution in [3.8, 4) is 11.4 Å². The van der Waals surface area contributed by atoms with Crippen molar-refractivity contribution < 1.29 is 4.74 Å². The van der Waals surface area contributed by atoms with E-state index in [1.165, 1.54) is 0 Å². The molecule has 0 aliphatic carbocycles. The summed E-state index contributed by atoms with van der Waals surface area (Å²) < 4.78 is 7.47. The summed E-state index contributed by atoms with van der Waals surface area (Å²) >= 11 is 5.54. The zero-order valence-corrected chi connectivity index (χ0v) is 17.0. The summed E-state index contributed by atoms with van der Waals surface area (Å²) in [4.78, 5) is 8.74. The number of benzene rings is 2. The number of methoxy groups -OCH3 is 1. The Labute approximate surface area is 174 Å². The normalized spacial score (nSPS) is 10.7. The van der Waals surface area contributed by atoms with E-state index < -0.39 is 0 Å². The van der Waals surface area contributed by atoms with E-state index in [-0.39, 0.29) is 0 Å². The first-order valence-corrected chi connectivity index (χ1v) is 9.63. The molecule has 2 aromatic heterocycles. The molecule has 0 bridgehead atoms. The number of nitrogens with one attached hydrogen (secondary N) is 2. The summed E-state index contributed by atoms with van der Waals surface area (Å²) in [6.45, 7) is 2.57. The third kappa shape index (κ3) is 3.90. The van der Waals surface area contributed by atoms with Gasteiger partial charge in [0.25, 0.3) is 0 Å². The molecular formula is C22H21N5OS. The molecule has 4 rings (SSSR count). The van der Waals surface area contributed by atoms with Crippen LogP contribution in [-0.2, 0) is 6.54 Å². The van der Waals surface area contributed by atoms with Gasteiger partial charge in [-0.25, -0.2) is 4.98 Å². The van der Waals surface area contributed by atoms with Crippen LogP contribution in [0.25, 0.3) is 16.6 Å². The first kappa shape index (κ1) is 18.9. The standard InChI is InChI=1S/C22H21N5OS/c1-15-23-12-13-27(15)19-8-4-3-6-16(19)14-25-22(29)26-18-9-10-20(28-2)21-17(18)7-5-11-24-21/h3-13H,14H2,1-2H3,(H2,25,26,29). The minimum absolute atomic E-state index is 0.539. The molecule has 2 aromatic carbocycles. The Morgan fingerprint density at radius 2 is 1.93 bits per heavy atom. The van der Waals surface area contributed by atoms with Gasteiger partial charge in [-0.1, -0.05) is 18.2 Å². The first-order valence-electron chi connectivity index (χ1n) is 9.22. The van der Waals surface area contributed by atoms with Gasteiger partial charge in [-0.15, -0.1) is 0 Å². The van der Waals surface area contributed by atoms with Crippen LogP contribution < -0.4 is 15.4 Å². The molecular weight excluding hydrogens is 382 g/mol. The Kier molecular flexibility index (Phi) is 5.39. The van der Waals surface area contributed by atoms with Gasteiger partial charge in [0.1, 0.15) is 17.1 Å². The zero-order chi connectivity index (χ0) is 20.2. The van der Waals surface area contributed by atoms with Gasteiger partial charge in [0, 0.05) is 36.2 Å². The molecule has 2 N–H and O–H groups in total. The molecule has 4 aromatic rings. The Bertz CT molecular complexity index is 1170. The second kappa shape index (κ2) is 8.28. The lowest BCUT2D eigenvalue weighted by Crippen LogP contribution is -2.28. The lowest BCUT2D eigenvalue weighted by molar-refractivity contribution is 0.419. The summed E-state index contributed by atoms with van der Waals surface area (Å²) in [6.07, 6.45) is 5.51. The highest BCUT2D eigenvalue weighted by atomic mass is 32.1. The maximum atomic E-state index is 5.54. The number of anilines is 1. The van der Waals surface area contributed by atoms with Crippen LogP contribution in [0.5, 0.6) is 5.75 Å². The molecule has 0 saturated carbocycles. The third-order valence-electron chi connectivity index (χ3n) is 4.72. The zero-order valence-electron chi connectivity index (χ0n) is 16.2. The average Bonchev–Trinajstić information content (AvgIpc) is 3.18. The molecule has 0 saturated heterocycles. The fraction of sp³-hybridized carbons (Fsp3) is 0.136. The number of para-hydroxylation sites is 1. The molecule has 29 heavy (non-hydrogen) atoms. The van der Waals surface area contributed by atoms with Crippen LogP contribution in [0.2, 0.25) is 0 Å². The molecule has 0 aliphatic rings. The maximum Gasteiger partial charge on any atom is 0.171 e. The number of imidazole rings is 1. The molecule has 0 spiro atoms. The summed E-state index contributed by atoms with van der Waals surface area (Å²) in [5.74, 6) is 1.67. The number of nitrogens with zero attached hydrogens (tertiary/aromatic N) is 3. The average molecular weight is 404 g/mol. The molecule has 146 valence electrons. The Morgan fingerprint density at radius 1 is 1.07 bits per heavy atom. The van der Waals surface area contributed by atoms with E-state index in [1.807, 2.05) is 49.5 Å². The Morgan fingerprint density at radius 3 is 2.72 bits per heavy atom. The van der Waals surface area contributed by atoms with Crippen LogP contribution in [0.15, 0.2) is 67.1 Å². The van der Waals surface area contributed by atoms with Gasteiger partial charge in [0.05, 0.1) is 12.8 Å². The van der Waals surface area contributed by atoms with E-state index in [2.05, 4.69) is 37.3 Å². The van der Waals surface area contributed by atoms with E-state index in [4.69, 9.17) is 17.0 Å². The van der Waals surface area contributed by atoms with Crippen molar-refractivity contribution in [2.24, 2.45) is 0 Å². The lowest BCUT2D eigenvalue weighted by Gasteiger charge is -2.16. The lowest BCUT2D eigenvalue weighted by atomic mass is 10.1. The number of fused-ring (bicyclic) bond motifs is 1. The summed E-state index contributed by atoms with van der Waals surface area (Å²) in [5, 5.41) is 8.06. The molecule has 0 aliphatic heterocycles. The van der Waals surface area contributed by atoms with Crippen molar-refractivity contribution in [2.75, 3.05) is 12.4 Å². The quantitative estimate of drug-likeness (QED) is 0.487. The van der Waals surface area contributed by atoms with E-state index in [0.717, 1.165) is 39.4 Å². The fourth-order valence-corrected chi connectivity index (χ4v) is 3.47. The van der Waals surface area contributed by atoms with Gasteiger partial charge in [-0.05, 0) is 55.0 Å². The molecule has 0 radical (unpaired) electrons. The van der Waals surface area contributed by atoms with E-state index in [9.17, 15) is 0 Å². The molecule has 0 unspecified atom stereocenters. The van der Waals surface area contributed by atoms with Gasteiger partial charge in [0.2, 0.25) is 0 Å². The summed E-state index contributed by atoms with van der Waals surface area (Å²) in [5.41, 5.74) is 3.88. The van der Waals surface area contributed by atoms with Crippen molar-refractivity contribution in [2.45, 2.75) is 13.5 Å². The van der Waals surface area contributed by atoms with Crippen molar-refractivity contribution in [1.82, 2.24) is 19.9 Å². The molecule has 6 nitrogen and oxygen atoms in total. The van der Waals surface area contributed by atoms with E-state index in [0.29, 0.717) is 11.7 Å². The Balaban J connectivity index is 1.51. The van der Waals surface area contributed by atoms with E-state index in [1.54, 1.807) is 19.5 Å². The van der Waals surface area contributed by atoms with Gasteiger partial charge >= 0.3 is 0 Å². The highest BCUT2D eigenvalue weighted by Crippen LogP contribution is 2.29. The van der Waals surface area contributed by atoms with E-state index >= 15 is 0 Å². The van der Waals surface area contributed by atoms with Crippen molar-refractivity contribution in [3.05, 3.63) is 78.5 Å². The predicted octanol–water partition coefficient (Wildman–Crippen LogP) is 4.22.